The summed E-state index contributed by atoms with van der Waals surface area (Å²) in [5.41, 5.74) is 1.10. The number of aryl methyl sites for hydroxylation is 1. The molecule has 0 aliphatic carbocycles. The number of anilines is 2. The zero-order valence-corrected chi connectivity index (χ0v) is 21.5. The lowest BCUT2D eigenvalue weighted by atomic mass is 9.57. The first-order chi connectivity index (χ1) is 17.8. The SMILES string of the molecule is Cc1cccc2c1NC(=O)[C@]21N2CCC[C@H]2[C@@H](C(=O)c2ccc(Cl)cc2Cl)[C@]12C(=O)Nc1ccccc12. The molecule has 0 bridgehead atoms. The molecule has 186 valence electrons. The van der Waals surface area contributed by atoms with Crippen LogP contribution in [0.1, 0.15) is 39.9 Å². The summed E-state index contributed by atoms with van der Waals surface area (Å²) in [6.07, 6.45) is 1.51. The van der Waals surface area contributed by atoms with E-state index in [4.69, 9.17) is 23.2 Å². The number of carbonyl (C=O) groups excluding carboxylic acids is 3. The molecule has 4 heterocycles. The van der Waals surface area contributed by atoms with Crippen LogP contribution in [-0.4, -0.2) is 35.1 Å². The predicted molar refractivity (Wildman–Crippen MR) is 142 cm³/mol. The van der Waals surface area contributed by atoms with Crippen molar-refractivity contribution in [2.24, 2.45) is 5.92 Å². The maximum Gasteiger partial charge on any atom is 0.251 e. The molecule has 2 saturated heterocycles. The summed E-state index contributed by atoms with van der Waals surface area (Å²) in [5.74, 6) is -1.70. The molecule has 2 amide bonds. The first kappa shape index (κ1) is 23.0. The van der Waals surface area contributed by atoms with Crippen LogP contribution in [-0.2, 0) is 20.5 Å². The summed E-state index contributed by atoms with van der Waals surface area (Å²) in [6, 6.07) is 17.7. The van der Waals surface area contributed by atoms with Gasteiger partial charge in [0, 0.05) is 33.6 Å². The smallest absolute Gasteiger partial charge is 0.251 e. The average molecular weight is 532 g/mol. The number of nitrogens with one attached hydrogen (secondary N) is 2. The van der Waals surface area contributed by atoms with Crippen LogP contribution in [0.25, 0.3) is 0 Å². The lowest BCUT2D eigenvalue weighted by Gasteiger charge is -2.43. The highest BCUT2D eigenvalue weighted by Crippen LogP contribution is 2.68. The van der Waals surface area contributed by atoms with E-state index in [-0.39, 0.29) is 28.7 Å². The molecule has 8 heteroatoms. The molecule has 4 aliphatic rings. The van der Waals surface area contributed by atoms with Crippen molar-refractivity contribution in [1.82, 2.24) is 4.90 Å². The van der Waals surface area contributed by atoms with Crippen molar-refractivity contribution in [3.63, 3.8) is 0 Å². The van der Waals surface area contributed by atoms with Crippen molar-refractivity contribution in [3.8, 4) is 0 Å². The van der Waals surface area contributed by atoms with Crippen molar-refractivity contribution < 1.29 is 14.4 Å². The second kappa shape index (κ2) is 7.67. The molecule has 2 spiro atoms. The fourth-order valence-corrected chi connectivity index (χ4v) is 8.11. The zero-order chi connectivity index (χ0) is 25.7. The van der Waals surface area contributed by atoms with Gasteiger partial charge in [-0.25, -0.2) is 0 Å². The number of fused-ring (bicyclic) bond motifs is 7. The Morgan fingerprint density at radius 2 is 1.76 bits per heavy atom. The van der Waals surface area contributed by atoms with E-state index in [0.717, 1.165) is 17.5 Å². The summed E-state index contributed by atoms with van der Waals surface area (Å²) >= 11 is 12.7. The van der Waals surface area contributed by atoms with E-state index in [0.29, 0.717) is 40.5 Å². The Morgan fingerprint density at radius 3 is 2.57 bits per heavy atom. The van der Waals surface area contributed by atoms with Crippen LogP contribution in [0, 0.1) is 12.8 Å². The fraction of sp³-hybridized carbons (Fsp3) is 0.276. The molecular formula is C29H23Cl2N3O3. The third kappa shape index (κ3) is 2.58. The van der Waals surface area contributed by atoms with Gasteiger partial charge in [-0.05, 0) is 61.7 Å². The van der Waals surface area contributed by atoms with Gasteiger partial charge in [0.2, 0.25) is 5.91 Å². The van der Waals surface area contributed by atoms with Crippen LogP contribution in [0.2, 0.25) is 10.0 Å². The molecule has 3 aromatic rings. The second-order valence-corrected chi connectivity index (χ2v) is 11.2. The number of benzene rings is 3. The molecule has 0 saturated carbocycles. The first-order valence-corrected chi connectivity index (χ1v) is 13.2. The number of Topliss-reactive ketones (excluding diaryl/α,β-unsaturated/α-hetero) is 1. The number of halogens is 2. The minimum Gasteiger partial charge on any atom is -0.325 e. The fourth-order valence-electron chi connectivity index (χ4n) is 7.61. The summed E-state index contributed by atoms with van der Waals surface area (Å²) in [4.78, 5) is 45.6. The minimum atomic E-state index is -1.49. The number of rotatable bonds is 2. The quantitative estimate of drug-likeness (QED) is 0.439. The molecule has 0 radical (unpaired) electrons. The number of amides is 2. The molecule has 6 nitrogen and oxygen atoms in total. The number of ketones is 1. The van der Waals surface area contributed by atoms with Gasteiger partial charge in [0.25, 0.3) is 5.91 Å². The van der Waals surface area contributed by atoms with Gasteiger partial charge in [-0.15, -0.1) is 0 Å². The van der Waals surface area contributed by atoms with E-state index in [2.05, 4.69) is 15.5 Å². The van der Waals surface area contributed by atoms with Crippen LogP contribution in [0.15, 0.2) is 60.7 Å². The summed E-state index contributed by atoms with van der Waals surface area (Å²) in [5, 5.41) is 6.82. The van der Waals surface area contributed by atoms with Crippen molar-refractivity contribution in [1.29, 1.82) is 0 Å². The van der Waals surface area contributed by atoms with E-state index >= 15 is 0 Å². The first-order valence-electron chi connectivity index (χ1n) is 12.4. The van der Waals surface area contributed by atoms with Gasteiger partial charge in [0.15, 0.2) is 5.78 Å². The lowest BCUT2D eigenvalue weighted by Crippen LogP contribution is -2.62. The van der Waals surface area contributed by atoms with E-state index in [9.17, 15) is 14.4 Å². The average Bonchev–Trinajstić information content (AvgIpc) is 3.58. The number of carbonyl (C=O) groups is 3. The van der Waals surface area contributed by atoms with Crippen LogP contribution in [0.3, 0.4) is 0 Å². The molecule has 2 fully saturated rings. The monoisotopic (exact) mass is 531 g/mol. The Morgan fingerprint density at radius 1 is 0.973 bits per heavy atom. The Kier molecular flexibility index (Phi) is 4.76. The molecule has 0 unspecified atom stereocenters. The van der Waals surface area contributed by atoms with Gasteiger partial charge < -0.3 is 10.6 Å². The van der Waals surface area contributed by atoms with Crippen molar-refractivity contribution in [2.75, 3.05) is 17.2 Å². The van der Waals surface area contributed by atoms with E-state index in [1.807, 2.05) is 49.4 Å². The third-order valence-electron chi connectivity index (χ3n) is 8.82. The number of para-hydroxylation sites is 2. The molecule has 3 aromatic carbocycles. The third-order valence-corrected chi connectivity index (χ3v) is 9.37. The van der Waals surface area contributed by atoms with Gasteiger partial charge >= 0.3 is 0 Å². The van der Waals surface area contributed by atoms with Crippen molar-refractivity contribution >= 4 is 52.2 Å². The number of nitrogens with zero attached hydrogens (tertiary/aromatic N) is 1. The van der Waals surface area contributed by atoms with Crippen LogP contribution >= 0.6 is 23.2 Å². The number of hydrogen-bond acceptors (Lipinski definition) is 4. The van der Waals surface area contributed by atoms with Crippen LogP contribution < -0.4 is 10.6 Å². The standard InChI is InChI=1S/C29H23Cl2N3O3/c1-15-6-4-8-19-24(15)33-27(37)29(19)28(18-7-2-3-9-21(18)32-26(28)36)23(22-10-5-13-34(22)29)25(35)17-12-11-16(30)14-20(17)31/h2-4,6-9,11-12,14,22-23H,5,10,13H2,1H3,(H,32,36)(H,33,37)/t22-,23-,28+,29+/m0/s1. The molecule has 7 rings (SSSR count). The molecule has 37 heavy (non-hydrogen) atoms. The Hall–Kier alpha value is -3.19. The summed E-state index contributed by atoms with van der Waals surface area (Å²) in [6.45, 7) is 2.54. The van der Waals surface area contributed by atoms with E-state index < -0.39 is 16.9 Å². The molecular weight excluding hydrogens is 509 g/mol. The van der Waals surface area contributed by atoms with Crippen molar-refractivity contribution in [2.45, 2.75) is 36.8 Å². The second-order valence-electron chi connectivity index (χ2n) is 10.3. The Labute approximate surface area is 223 Å². The van der Waals surface area contributed by atoms with Crippen LogP contribution in [0.5, 0.6) is 0 Å². The Balaban J connectivity index is 1.60. The molecule has 2 N–H and O–H groups in total. The maximum atomic E-state index is 14.6. The Bertz CT molecular complexity index is 1560. The lowest BCUT2D eigenvalue weighted by molar-refractivity contribution is -0.137. The predicted octanol–water partition coefficient (Wildman–Crippen LogP) is 5.32. The van der Waals surface area contributed by atoms with Gasteiger partial charge in [0.1, 0.15) is 11.0 Å². The normalized spacial score (nSPS) is 29.4. The molecule has 4 atom stereocenters. The molecule has 4 aliphatic heterocycles. The van der Waals surface area contributed by atoms with Crippen LogP contribution in [0.4, 0.5) is 11.4 Å². The number of hydrogen-bond donors (Lipinski definition) is 2. The largest absolute Gasteiger partial charge is 0.325 e. The zero-order valence-electron chi connectivity index (χ0n) is 20.0. The summed E-state index contributed by atoms with van der Waals surface area (Å²) < 4.78 is 0. The highest BCUT2D eigenvalue weighted by atomic mass is 35.5. The topological polar surface area (TPSA) is 78.5 Å². The highest BCUT2D eigenvalue weighted by Gasteiger charge is 2.81. The summed E-state index contributed by atoms with van der Waals surface area (Å²) in [7, 11) is 0. The van der Waals surface area contributed by atoms with Crippen molar-refractivity contribution in [3.05, 3.63) is 93.0 Å². The van der Waals surface area contributed by atoms with E-state index in [1.165, 1.54) is 0 Å². The van der Waals surface area contributed by atoms with Gasteiger partial charge in [-0.2, -0.15) is 0 Å². The maximum absolute atomic E-state index is 14.6. The van der Waals surface area contributed by atoms with Gasteiger partial charge in [-0.3, -0.25) is 19.3 Å². The highest BCUT2D eigenvalue weighted by molar-refractivity contribution is 6.37. The van der Waals surface area contributed by atoms with Gasteiger partial charge in [-0.1, -0.05) is 59.6 Å². The van der Waals surface area contributed by atoms with E-state index in [1.54, 1.807) is 18.2 Å². The van der Waals surface area contributed by atoms with Gasteiger partial charge in [0.05, 0.1) is 10.9 Å². The minimum absolute atomic E-state index is 0.233. The molecule has 0 aromatic heterocycles.